The van der Waals surface area contributed by atoms with Gasteiger partial charge < -0.3 is 9.09 Å². The van der Waals surface area contributed by atoms with Crippen LogP contribution >= 0.6 is 23.2 Å². The average molecular weight is 490 g/mol. The van der Waals surface area contributed by atoms with Gasteiger partial charge in [-0.3, -0.25) is 4.98 Å². The Hall–Kier alpha value is -3.22. The fraction of sp³-hybridized carbons (Fsp3) is 0.231. The summed E-state index contributed by atoms with van der Waals surface area (Å²) in [7, 11) is 0. The fourth-order valence-electron chi connectivity index (χ4n) is 4.51. The Kier molecular flexibility index (Phi) is 5.15. The molecule has 1 saturated carbocycles. The van der Waals surface area contributed by atoms with E-state index >= 15 is 0 Å². The van der Waals surface area contributed by atoms with E-state index in [1.54, 1.807) is 13.1 Å². The minimum atomic E-state index is -0.103. The van der Waals surface area contributed by atoms with Crippen molar-refractivity contribution in [1.82, 2.24) is 24.7 Å². The number of hydrogen-bond donors (Lipinski definition) is 0. The van der Waals surface area contributed by atoms with Gasteiger partial charge in [-0.15, -0.1) is 0 Å². The summed E-state index contributed by atoms with van der Waals surface area (Å²) >= 11 is 13.5. The molecule has 0 radical (unpaired) electrons. The molecule has 1 atom stereocenters. The molecule has 1 aliphatic rings. The smallest absolute Gasteiger partial charge is 0.223 e. The molecule has 0 aliphatic heterocycles. The molecule has 0 N–H and O–H groups in total. The molecule has 0 amide bonds. The van der Waals surface area contributed by atoms with E-state index in [2.05, 4.69) is 37.7 Å². The Morgan fingerprint density at radius 2 is 1.85 bits per heavy atom. The standard InChI is InChI=1S/C26H21Cl2N5O/c1-14(24-20(27)10-9-17(25(24)28)16-7-8-16)33-13-30-22-12-29-21(11-23(22)33)18-5-3-4-6-19(18)26-31-15(2)34-32-26/h3-6,9-14,16H,7-8H2,1-2H3/t14-/m1/s1. The molecule has 3 aromatic heterocycles. The first kappa shape index (κ1) is 21.3. The third kappa shape index (κ3) is 3.58. The van der Waals surface area contributed by atoms with E-state index in [0.717, 1.165) is 38.4 Å². The predicted molar refractivity (Wildman–Crippen MR) is 133 cm³/mol. The Morgan fingerprint density at radius 3 is 2.59 bits per heavy atom. The summed E-state index contributed by atoms with van der Waals surface area (Å²) in [6.45, 7) is 3.87. The van der Waals surface area contributed by atoms with E-state index in [9.17, 15) is 0 Å². The Morgan fingerprint density at radius 1 is 1.06 bits per heavy atom. The van der Waals surface area contributed by atoms with Crippen molar-refractivity contribution in [3.63, 3.8) is 0 Å². The van der Waals surface area contributed by atoms with Crippen LogP contribution in [0, 0.1) is 6.92 Å². The molecule has 3 heterocycles. The SMILES string of the molecule is Cc1nc(-c2ccccc2-c2cc3c(cn2)ncn3[C@H](C)c2c(Cl)ccc(C3CC3)c2Cl)no1. The summed E-state index contributed by atoms with van der Waals surface area (Å²) < 4.78 is 7.30. The summed E-state index contributed by atoms with van der Waals surface area (Å²) in [4.78, 5) is 13.7. The summed E-state index contributed by atoms with van der Waals surface area (Å²) in [6, 6.07) is 13.9. The zero-order chi connectivity index (χ0) is 23.4. The molecule has 0 bridgehead atoms. The minimum Gasteiger partial charge on any atom is -0.339 e. The van der Waals surface area contributed by atoms with Gasteiger partial charge in [-0.05, 0) is 43.4 Å². The highest BCUT2D eigenvalue weighted by Gasteiger charge is 2.29. The molecular weight excluding hydrogens is 469 g/mol. The van der Waals surface area contributed by atoms with Gasteiger partial charge in [0.05, 0.1) is 34.8 Å². The van der Waals surface area contributed by atoms with Crippen LogP contribution in [-0.2, 0) is 0 Å². The number of benzene rings is 2. The van der Waals surface area contributed by atoms with E-state index in [1.165, 1.54) is 18.4 Å². The molecule has 1 fully saturated rings. The summed E-state index contributed by atoms with van der Waals surface area (Å²) in [6.07, 6.45) is 5.97. The summed E-state index contributed by atoms with van der Waals surface area (Å²) in [5, 5.41) is 5.52. The maximum atomic E-state index is 6.88. The minimum absolute atomic E-state index is 0.103. The predicted octanol–water partition coefficient (Wildman–Crippen LogP) is 7.25. The quantitative estimate of drug-likeness (QED) is 0.260. The lowest BCUT2D eigenvalue weighted by Crippen LogP contribution is -2.08. The number of aromatic nitrogens is 5. The number of nitrogens with zero attached hydrogens (tertiary/aromatic N) is 5. The number of rotatable bonds is 5. The van der Waals surface area contributed by atoms with Crippen molar-refractivity contribution in [2.24, 2.45) is 0 Å². The highest BCUT2D eigenvalue weighted by atomic mass is 35.5. The molecule has 6 rings (SSSR count). The van der Waals surface area contributed by atoms with Crippen molar-refractivity contribution in [1.29, 1.82) is 0 Å². The Bertz CT molecular complexity index is 1540. The third-order valence-electron chi connectivity index (χ3n) is 6.44. The summed E-state index contributed by atoms with van der Waals surface area (Å²) in [5.74, 6) is 1.59. The first-order chi connectivity index (χ1) is 16.5. The molecule has 0 spiro atoms. The molecular formula is C26H21Cl2N5O. The Labute approximate surface area is 206 Å². The van der Waals surface area contributed by atoms with E-state index in [0.29, 0.717) is 22.7 Å². The lowest BCUT2D eigenvalue weighted by molar-refractivity contribution is 0.394. The van der Waals surface area contributed by atoms with E-state index < -0.39 is 0 Å². The molecule has 5 aromatic rings. The number of halogens is 2. The first-order valence-corrected chi connectivity index (χ1v) is 12.0. The molecule has 34 heavy (non-hydrogen) atoms. The van der Waals surface area contributed by atoms with Gasteiger partial charge in [-0.1, -0.05) is 58.7 Å². The first-order valence-electron chi connectivity index (χ1n) is 11.2. The van der Waals surface area contributed by atoms with Crippen molar-refractivity contribution < 1.29 is 4.52 Å². The van der Waals surface area contributed by atoms with Crippen molar-refractivity contribution in [3.8, 4) is 22.6 Å². The van der Waals surface area contributed by atoms with Crippen LogP contribution in [-0.4, -0.2) is 24.7 Å². The molecule has 8 heteroatoms. The van der Waals surface area contributed by atoms with Crippen LogP contribution in [0.2, 0.25) is 10.0 Å². The monoisotopic (exact) mass is 489 g/mol. The van der Waals surface area contributed by atoms with Gasteiger partial charge in [0.1, 0.15) is 5.52 Å². The molecule has 0 saturated heterocycles. The third-order valence-corrected chi connectivity index (χ3v) is 7.19. The zero-order valence-corrected chi connectivity index (χ0v) is 20.2. The maximum absolute atomic E-state index is 6.88. The van der Waals surface area contributed by atoms with E-state index in [-0.39, 0.29) is 6.04 Å². The van der Waals surface area contributed by atoms with Gasteiger partial charge in [0, 0.05) is 28.6 Å². The van der Waals surface area contributed by atoms with Crippen LogP contribution in [0.25, 0.3) is 33.7 Å². The van der Waals surface area contributed by atoms with Crippen LogP contribution in [0.3, 0.4) is 0 Å². The molecule has 1 aliphatic carbocycles. The van der Waals surface area contributed by atoms with Gasteiger partial charge in [0.15, 0.2) is 0 Å². The fourth-order valence-corrected chi connectivity index (χ4v) is 5.36. The zero-order valence-electron chi connectivity index (χ0n) is 18.7. The van der Waals surface area contributed by atoms with Crippen molar-refractivity contribution in [2.75, 3.05) is 0 Å². The number of hydrogen-bond acceptors (Lipinski definition) is 5. The second-order valence-corrected chi connectivity index (χ2v) is 9.49. The highest BCUT2D eigenvalue weighted by molar-refractivity contribution is 6.36. The summed E-state index contributed by atoms with van der Waals surface area (Å²) in [5.41, 5.74) is 6.42. The van der Waals surface area contributed by atoms with Gasteiger partial charge in [0.2, 0.25) is 11.7 Å². The molecule has 6 nitrogen and oxygen atoms in total. The number of fused-ring (bicyclic) bond motifs is 1. The Balaban J connectivity index is 1.47. The number of aryl methyl sites for hydroxylation is 1. The molecule has 2 aromatic carbocycles. The topological polar surface area (TPSA) is 69.6 Å². The second-order valence-electron chi connectivity index (χ2n) is 8.71. The normalized spacial score (nSPS) is 14.6. The van der Waals surface area contributed by atoms with Crippen LogP contribution in [0.15, 0.2) is 59.5 Å². The van der Waals surface area contributed by atoms with Crippen LogP contribution in [0.1, 0.15) is 48.7 Å². The second kappa shape index (κ2) is 8.22. The van der Waals surface area contributed by atoms with Gasteiger partial charge in [-0.2, -0.15) is 4.98 Å². The molecule has 0 unspecified atom stereocenters. The van der Waals surface area contributed by atoms with Crippen molar-refractivity contribution in [2.45, 2.75) is 38.6 Å². The van der Waals surface area contributed by atoms with E-state index in [1.807, 2.05) is 42.7 Å². The van der Waals surface area contributed by atoms with Crippen molar-refractivity contribution >= 4 is 34.2 Å². The largest absolute Gasteiger partial charge is 0.339 e. The average Bonchev–Trinajstić information content (AvgIpc) is 3.44. The molecule has 170 valence electrons. The van der Waals surface area contributed by atoms with Gasteiger partial charge in [0.25, 0.3) is 0 Å². The van der Waals surface area contributed by atoms with Gasteiger partial charge in [-0.25, -0.2) is 4.98 Å². The maximum Gasteiger partial charge on any atom is 0.223 e. The van der Waals surface area contributed by atoms with Crippen LogP contribution in [0.5, 0.6) is 0 Å². The van der Waals surface area contributed by atoms with Gasteiger partial charge >= 0.3 is 0 Å². The van der Waals surface area contributed by atoms with Crippen LogP contribution < -0.4 is 0 Å². The number of pyridine rings is 1. The lowest BCUT2D eigenvalue weighted by Gasteiger charge is -2.20. The van der Waals surface area contributed by atoms with E-state index in [4.69, 9.17) is 27.7 Å². The highest BCUT2D eigenvalue weighted by Crippen LogP contribution is 2.47. The van der Waals surface area contributed by atoms with Crippen LogP contribution in [0.4, 0.5) is 0 Å². The lowest BCUT2D eigenvalue weighted by atomic mass is 10.0. The number of imidazole rings is 1. The van der Waals surface area contributed by atoms with Crippen molar-refractivity contribution in [3.05, 3.63) is 82.1 Å².